The number of carbonyl (C=O) groups excluding carboxylic acids is 1. The average Bonchev–Trinajstić information content (AvgIpc) is 2.43. The van der Waals surface area contributed by atoms with Crippen LogP contribution in [0.25, 0.3) is 0 Å². The van der Waals surface area contributed by atoms with E-state index in [1.54, 1.807) is 13.8 Å². The number of hydrogen-bond acceptors (Lipinski definition) is 3. The molecule has 4 nitrogen and oxygen atoms in total. The van der Waals surface area contributed by atoms with Crippen LogP contribution in [0.2, 0.25) is 0 Å². The van der Waals surface area contributed by atoms with E-state index in [-0.39, 0.29) is 18.6 Å². The van der Waals surface area contributed by atoms with E-state index in [2.05, 4.69) is 0 Å². The maximum atomic E-state index is 13.8. The second-order valence-corrected chi connectivity index (χ2v) is 4.75. The molecule has 0 amide bonds. The number of ether oxygens (including phenoxy) is 1. The number of benzene rings is 1. The predicted octanol–water partition coefficient (Wildman–Crippen LogP) is 2.94. The Morgan fingerprint density at radius 2 is 1.95 bits per heavy atom. The van der Waals surface area contributed by atoms with Gasteiger partial charge in [-0.2, -0.15) is 0 Å². The molecule has 0 heterocycles. The smallest absolute Gasteiger partial charge is 0.323 e. The van der Waals surface area contributed by atoms with Gasteiger partial charge in [-0.1, -0.05) is 25.5 Å². The van der Waals surface area contributed by atoms with Gasteiger partial charge < -0.3 is 9.84 Å². The van der Waals surface area contributed by atoms with E-state index in [4.69, 9.17) is 4.74 Å². The number of rotatable bonds is 7. The Hall–Kier alpha value is -1.98. The van der Waals surface area contributed by atoms with Crippen molar-refractivity contribution in [2.75, 3.05) is 6.61 Å². The maximum absolute atomic E-state index is 13.8. The molecule has 1 rings (SSSR count). The van der Waals surface area contributed by atoms with Gasteiger partial charge in [0, 0.05) is 6.42 Å². The van der Waals surface area contributed by atoms with Crippen molar-refractivity contribution >= 4 is 11.9 Å². The lowest BCUT2D eigenvalue weighted by Crippen LogP contribution is -2.43. The zero-order chi connectivity index (χ0) is 16.0. The number of esters is 1. The summed E-state index contributed by atoms with van der Waals surface area (Å²) in [6.45, 7) is 3.28. The van der Waals surface area contributed by atoms with E-state index in [1.807, 2.05) is 0 Å². The van der Waals surface area contributed by atoms with Gasteiger partial charge in [0.25, 0.3) is 0 Å². The van der Waals surface area contributed by atoms with Crippen LogP contribution >= 0.6 is 0 Å². The Balaban J connectivity index is 3.26. The molecule has 1 N–H and O–H groups in total. The van der Waals surface area contributed by atoms with Crippen LogP contribution in [0.3, 0.4) is 0 Å². The summed E-state index contributed by atoms with van der Waals surface area (Å²) in [4.78, 5) is 23.7. The van der Waals surface area contributed by atoms with Crippen LogP contribution < -0.4 is 0 Å². The van der Waals surface area contributed by atoms with Crippen molar-refractivity contribution in [3.63, 3.8) is 0 Å². The Morgan fingerprint density at radius 3 is 2.48 bits per heavy atom. The number of halogens is 2. The van der Waals surface area contributed by atoms with E-state index >= 15 is 0 Å². The highest BCUT2D eigenvalue weighted by Crippen LogP contribution is 2.32. The molecule has 1 atom stereocenters. The van der Waals surface area contributed by atoms with Gasteiger partial charge in [-0.25, -0.2) is 8.78 Å². The van der Waals surface area contributed by atoms with Crippen LogP contribution in [-0.2, 0) is 20.7 Å². The van der Waals surface area contributed by atoms with Crippen molar-refractivity contribution < 1.29 is 28.2 Å². The molecule has 0 bridgehead atoms. The highest BCUT2D eigenvalue weighted by atomic mass is 19.2. The molecule has 1 unspecified atom stereocenters. The van der Waals surface area contributed by atoms with Gasteiger partial charge in [0.15, 0.2) is 17.0 Å². The van der Waals surface area contributed by atoms with Crippen LogP contribution in [0.1, 0.15) is 32.3 Å². The molecule has 0 aliphatic carbocycles. The Bertz CT molecular complexity index is 530. The lowest BCUT2D eigenvalue weighted by atomic mass is 9.77. The highest BCUT2D eigenvalue weighted by molar-refractivity contribution is 5.99. The van der Waals surface area contributed by atoms with E-state index in [1.165, 1.54) is 12.1 Å². The third-order valence-electron chi connectivity index (χ3n) is 3.28. The van der Waals surface area contributed by atoms with Gasteiger partial charge in [0.1, 0.15) is 0 Å². The fraction of sp³-hybridized carbons (Fsp3) is 0.467. The van der Waals surface area contributed by atoms with Gasteiger partial charge in [-0.15, -0.1) is 0 Å². The topological polar surface area (TPSA) is 63.6 Å². The van der Waals surface area contributed by atoms with E-state index in [0.29, 0.717) is 6.42 Å². The molecule has 0 aliphatic heterocycles. The van der Waals surface area contributed by atoms with Crippen molar-refractivity contribution in [2.24, 2.45) is 5.41 Å². The first-order valence-corrected chi connectivity index (χ1v) is 6.72. The summed E-state index contributed by atoms with van der Waals surface area (Å²) in [5.41, 5.74) is -2.06. The first-order chi connectivity index (χ1) is 9.89. The molecule has 6 heteroatoms. The lowest BCUT2D eigenvalue weighted by Gasteiger charge is -2.27. The van der Waals surface area contributed by atoms with Gasteiger partial charge in [-0.05, 0) is 25.0 Å². The Morgan fingerprint density at radius 1 is 1.29 bits per heavy atom. The van der Waals surface area contributed by atoms with Crippen molar-refractivity contribution in [3.05, 3.63) is 35.4 Å². The summed E-state index contributed by atoms with van der Waals surface area (Å²) in [6, 6.07) is 3.48. The SMILES string of the molecule is CCCC(Cc1cccc(F)c1F)(C(=O)O)C(=O)OCC. The molecule has 0 fully saturated rings. The molecule has 21 heavy (non-hydrogen) atoms. The molecule has 0 aromatic heterocycles. The van der Waals surface area contributed by atoms with Crippen molar-refractivity contribution in [1.29, 1.82) is 0 Å². The van der Waals surface area contributed by atoms with Crippen LogP contribution in [0.15, 0.2) is 18.2 Å². The number of carboxylic acid groups (broad SMARTS) is 1. The Kier molecular flexibility index (Phi) is 5.81. The number of carbonyl (C=O) groups is 2. The molecule has 0 aliphatic rings. The summed E-state index contributed by atoms with van der Waals surface area (Å²) >= 11 is 0. The molecule has 116 valence electrons. The molecule has 0 radical (unpaired) electrons. The second-order valence-electron chi connectivity index (χ2n) is 4.75. The van der Waals surface area contributed by atoms with E-state index in [9.17, 15) is 23.5 Å². The highest BCUT2D eigenvalue weighted by Gasteiger charge is 2.47. The number of aliphatic carboxylic acids is 1. The second kappa shape index (κ2) is 7.15. The minimum atomic E-state index is -1.90. The lowest BCUT2D eigenvalue weighted by molar-refractivity contribution is -0.169. The molecular formula is C15H18F2O4. The minimum Gasteiger partial charge on any atom is -0.480 e. The summed E-state index contributed by atoms with van der Waals surface area (Å²) in [6.07, 6.45) is -0.0717. The normalized spacial score (nSPS) is 13.5. The minimum absolute atomic E-state index is 0.0167. The maximum Gasteiger partial charge on any atom is 0.323 e. The monoisotopic (exact) mass is 300 g/mol. The molecule has 1 aromatic carbocycles. The van der Waals surface area contributed by atoms with Crippen molar-refractivity contribution in [2.45, 2.75) is 33.1 Å². The fourth-order valence-corrected chi connectivity index (χ4v) is 2.24. The van der Waals surface area contributed by atoms with E-state index in [0.717, 1.165) is 6.07 Å². The summed E-state index contributed by atoms with van der Waals surface area (Å²) in [5, 5.41) is 9.46. The predicted molar refractivity (Wildman–Crippen MR) is 71.7 cm³/mol. The number of hydrogen-bond donors (Lipinski definition) is 1. The quantitative estimate of drug-likeness (QED) is 0.621. The van der Waals surface area contributed by atoms with Crippen LogP contribution in [0.4, 0.5) is 8.78 Å². The zero-order valence-corrected chi connectivity index (χ0v) is 12.0. The van der Waals surface area contributed by atoms with Gasteiger partial charge in [-0.3, -0.25) is 9.59 Å². The van der Waals surface area contributed by atoms with Crippen LogP contribution in [0.5, 0.6) is 0 Å². The molecule has 0 saturated carbocycles. The van der Waals surface area contributed by atoms with Crippen LogP contribution in [0, 0.1) is 17.0 Å². The zero-order valence-electron chi connectivity index (χ0n) is 12.0. The Labute approximate surface area is 121 Å². The third kappa shape index (κ3) is 3.56. The van der Waals surface area contributed by atoms with Crippen LogP contribution in [-0.4, -0.2) is 23.7 Å². The van der Waals surface area contributed by atoms with Gasteiger partial charge in [0.2, 0.25) is 0 Å². The third-order valence-corrected chi connectivity index (χ3v) is 3.28. The summed E-state index contributed by atoms with van der Waals surface area (Å²) < 4.78 is 31.8. The van der Waals surface area contributed by atoms with Crippen molar-refractivity contribution in [3.8, 4) is 0 Å². The first-order valence-electron chi connectivity index (χ1n) is 6.72. The standard InChI is InChI=1S/C15H18F2O4/c1-3-8-15(13(18)19,14(20)21-4-2)9-10-6-5-7-11(16)12(10)17/h5-7H,3-4,8-9H2,1-2H3,(H,18,19). The first kappa shape index (κ1) is 17.1. The van der Waals surface area contributed by atoms with Crippen molar-refractivity contribution in [1.82, 2.24) is 0 Å². The summed E-state index contributed by atoms with van der Waals surface area (Å²) in [5.74, 6) is -4.54. The average molecular weight is 300 g/mol. The summed E-state index contributed by atoms with van der Waals surface area (Å²) in [7, 11) is 0. The van der Waals surface area contributed by atoms with E-state index < -0.39 is 35.4 Å². The number of carboxylic acids is 1. The molecule has 0 spiro atoms. The molecule has 0 saturated heterocycles. The molecule has 1 aromatic rings. The van der Waals surface area contributed by atoms with Gasteiger partial charge in [0.05, 0.1) is 6.61 Å². The molecular weight excluding hydrogens is 282 g/mol. The largest absolute Gasteiger partial charge is 0.480 e. The van der Waals surface area contributed by atoms with Gasteiger partial charge >= 0.3 is 11.9 Å². The fourth-order valence-electron chi connectivity index (χ4n) is 2.24.